The first-order valence-electron chi connectivity index (χ1n) is 7.32. The normalized spacial score (nSPS) is 16.4. The van der Waals surface area contributed by atoms with E-state index in [2.05, 4.69) is 11.7 Å². The van der Waals surface area contributed by atoms with E-state index >= 15 is 0 Å². The minimum absolute atomic E-state index is 0.0725. The van der Waals surface area contributed by atoms with E-state index in [-0.39, 0.29) is 5.91 Å². The zero-order valence-electron chi connectivity index (χ0n) is 12.5. The van der Waals surface area contributed by atoms with Crippen molar-refractivity contribution in [3.63, 3.8) is 0 Å². The number of carbonyl (C=O) groups excluding carboxylic acids is 1. The lowest BCUT2D eigenvalue weighted by molar-refractivity contribution is -0.128. The Kier molecular flexibility index (Phi) is 3.49. The number of fused-ring (bicyclic) bond motifs is 1. The van der Waals surface area contributed by atoms with Gasteiger partial charge in [0.15, 0.2) is 5.65 Å². The molecular weight excluding hydrogens is 264 g/mol. The van der Waals surface area contributed by atoms with Crippen LogP contribution in [0.25, 0.3) is 5.65 Å². The maximum Gasteiger partial charge on any atom is 0.248 e. The van der Waals surface area contributed by atoms with Crippen LogP contribution in [-0.4, -0.2) is 38.5 Å². The summed E-state index contributed by atoms with van der Waals surface area (Å²) in [5, 5.41) is 4.35. The van der Waals surface area contributed by atoms with Gasteiger partial charge < -0.3 is 4.90 Å². The van der Waals surface area contributed by atoms with Crippen molar-refractivity contribution in [2.75, 3.05) is 13.1 Å². The first-order valence-corrected chi connectivity index (χ1v) is 7.32. The van der Waals surface area contributed by atoms with E-state index < -0.39 is 0 Å². The molecule has 21 heavy (non-hydrogen) atoms. The molecule has 1 saturated heterocycles. The molecule has 0 radical (unpaired) electrons. The molecule has 0 unspecified atom stereocenters. The molecule has 0 bridgehead atoms. The Morgan fingerprint density at radius 1 is 1.38 bits per heavy atom. The van der Waals surface area contributed by atoms with Crippen LogP contribution in [0.5, 0.6) is 0 Å². The van der Waals surface area contributed by atoms with E-state index in [1.807, 2.05) is 30.2 Å². The van der Waals surface area contributed by atoms with E-state index in [4.69, 9.17) is 4.98 Å². The molecule has 0 aliphatic carbocycles. The number of piperidine rings is 1. The number of aromatic nitrogens is 3. The molecule has 3 rings (SSSR count). The molecule has 1 fully saturated rings. The van der Waals surface area contributed by atoms with Crippen LogP contribution < -0.4 is 0 Å². The summed E-state index contributed by atoms with van der Waals surface area (Å²) in [6.07, 6.45) is 3.88. The van der Waals surface area contributed by atoms with Gasteiger partial charge in [-0.25, -0.2) is 9.50 Å². The lowest BCUT2D eigenvalue weighted by Gasteiger charge is -2.31. The fourth-order valence-corrected chi connectivity index (χ4v) is 2.89. The number of hydrogen-bond acceptors (Lipinski definition) is 3. The Bertz CT molecular complexity index is 695. The summed E-state index contributed by atoms with van der Waals surface area (Å²) < 4.78 is 1.80. The number of nitrogens with zero attached hydrogens (tertiary/aromatic N) is 4. The van der Waals surface area contributed by atoms with Crippen molar-refractivity contribution in [3.05, 3.63) is 41.9 Å². The lowest BCUT2D eigenvalue weighted by atomic mass is 9.93. The van der Waals surface area contributed by atoms with Crippen molar-refractivity contribution in [2.45, 2.75) is 32.6 Å². The van der Waals surface area contributed by atoms with Crippen molar-refractivity contribution >= 4 is 11.6 Å². The third-order valence-electron chi connectivity index (χ3n) is 4.03. The van der Waals surface area contributed by atoms with Gasteiger partial charge in [0.1, 0.15) is 0 Å². The Morgan fingerprint density at radius 2 is 2.10 bits per heavy atom. The number of hydrogen-bond donors (Lipinski definition) is 0. The highest BCUT2D eigenvalue weighted by molar-refractivity contribution is 5.92. The van der Waals surface area contributed by atoms with Gasteiger partial charge in [0, 0.05) is 42.5 Å². The highest BCUT2D eigenvalue weighted by Crippen LogP contribution is 2.27. The molecule has 1 amide bonds. The third kappa shape index (κ3) is 2.68. The topological polar surface area (TPSA) is 50.5 Å². The SMILES string of the molecule is C=C(C)C(=O)N1CCC(c2ccn3nc(C)cc3n2)CC1. The zero-order valence-corrected chi connectivity index (χ0v) is 12.5. The molecule has 3 heterocycles. The van der Waals surface area contributed by atoms with Crippen LogP contribution in [0, 0.1) is 6.92 Å². The molecule has 2 aromatic rings. The van der Waals surface area contributed by atoms with Gasteiger partial charge in [-0.3, -0.25) is 4.79 Å². The molecule has 0 aromatic carbocycles. The van der Waals surface area contributed by atoms with Crippen molar-refractivity contribution in [2.24, 2.45) is 0 Å². The van der Waals surface area contributed by atoms with E-state index in [0.29, 0.717) is 11.5 Å². The van der Waals surface area contributed by atoms with Crippen LogP contribution in [-0.2, 0) is 4.79 Å². The first kappa shape index (κ1) is 13.8. The largest absolute Gasteiger partial charge is 0.339 e. The molecule has 110 valence electrons. The summed E-state index contributed by atoms with van der Waals surface area (Å²) in [6.45, 7) is 9.03. The van der Waals surface area contributed by atoms with Gasteiger partial charge >= 0.3 is 0 Å². The summed E-state index contributed by atoms with van der Waals surface area (Å²) in [4.78, 5) is 18.5. The molecule has 2 aromatic heterocycles. The predicted octanol–water partition coefficient (Wildman–Crippen LogP) is 2.32. The second-order valence-corrected chi connectivity index (χ2v) is 5.79. The molecule has 0 spiro atoms. The average Bonchev–Trinajstić information content (AvgIpc) is 2.85. The summed E-state index contributed by atoms with van der Waals surface area (Å²) in [6, 6.07) is 4.03. The summed E-state index contributed by atoms with van der Waals surface area (Å²) in [7, 11) is 0. The van der Waals surface area contributed by atoms with Crippen LogP contribution in [0.15, 0.2) is 30.5 Å². The van der Waals surface area contributed by atoms with Gasteiger partial charge in [0.25, 0.3) is 0 Å². The number of aryl methyl sites for hydroxylation is 1. The predicted molar refractivity (Wildman–Crippen MR) is 81.1 cm³/mol. The van der Waals surface area contributed by atoms with Crippen LogP contribution in [0.2, 0.25) is 0 Å². The molecule has 0 atom stereocenters. The summed E-state index contributed by atoms with van der Waals surface area (Å²) >= 11 is 0. The minimum atomic E-state index is 0.0725. The molecule has 5 heteroatoms. The van der Waals surface area contributed by atoms with Crippen LogP contribution in [0.1, 0.15) is 37.1 Å². The van der Waals surface area contributed by atoms with Gasteiger partial charge in [0.2, 0.25) is 5.91 Å². The monoisotopic (exact) mass is 284 g/mol. The Hall–Kier alpha value is -2.17. The maximum atomic E-state index is 11.9. The minimum Gasteiger partial charge on any atom is -0.339 e. The van der Waals surface area contributed by atoms with Gasteiger partial charge in [-0.2, -0.15) is 5.10 Å². The molecule has 0 N–H and O–H groups in total. The van der Waals surface area contributed by atoms with Gasteiger partial charge in [-0.05, 0) is 32.8 Å². The Labute approximate surface area is 124 Å². The zero-order chi connectivity index (χ0) is 15.0. The number of carbonyl (C=O) groups is 1. The molecular formula is C16H20N4O. The fourth-order valence-electron chi connectivity index (χ4n) is 2.89. The highest BCUT2D eigenvalue weighted by Gasteiger charge is 2.24. The number of likely N-dealkylation sites (tertiary alicyclic amines) is 1. The lowest BCUT2D eigenvalue weighted by Crippen LogP contribution is -2.38. The summed E-state index contributed by atoms with van der Waals surface area (Å²) in [5.41, 5.74) is 3.58. The van der Waals surface area contributed by atoms with E-state index in [0.717, 1.165) is 43.0 Å². The second-order valence-electron chi connectivity index (χ2n) is 5.79. The van der Waals surface area contributed by atoms with Crippen LogP contribution in [0.3, 0.4) is 0 Å². The Morgan fingerprint density at radius 3 is 2.76 bits per heavy atom. The quantitative estimate of drug-likeness (QED) is 0.795. The molecule has 0 saturated carbocycles. The van der Waals surface area contributed by atoms with E-state index in [1.54, 1.807) is 11.4 Å². The van der Waals surface area contributed by atoms with Crippen LogP contribution >= 0.6 is 0 Å². The van der Waals surface area contributed by atoms with Gasteiger partial charge in [-0.1, -0.05) is 6.58 Å². The number of rotatable bonds is 2. The van der Waals surface area contributed by atoms with Crippen molar-refractivity contribution in [1.82, 2.24) is 19.5 Å². The standard InChI is InChI=1S/C16H20N4O/c1-11(2)16(21)19-7-4-13(5-8-19)14-6-9-20-15(17-14)10-12(3)18-20/h6,9-10,13H,1,4-5,7-8H2,2-3H3. The Balaban J connectivity index is 1.73. The maximum absolute atomic E-state index is 11.9. The second kappa shape index (κ2) is 5.31. The summed E-state index contributed by atoms with van der Waals surface area (Å²) in [5.74, 6) is 0.489. The fraction of sp³-hybridized carbons (Fsp3) is 0.438. The van der Waals surface area contributed by atoms with Gasteiger partial charge in [-0.15, -0.1) is 0 Å². The van der Waals surface area contributed by atoms with Crippen LogP contribution in [0.4, 0.5) is 0 Å². The molecule has 1 aliphatic rings. The van der Waals surface area contributed by atoms with Gasteiger partial charge in [0.05, 0.1) is 5.69 Å². The average molecular weight is 284 g/mol. The smallest absolute Gasteiger partial charge is 0.248 e. The van der Waals surface area contributed by atoms with Crippen molar-refractivity contribution < 1.29 is 4.79 Å². The van der Waals surface area contributed by atoms with E-state index in [9.17, 15) is 4.79 Å². The number of amides is 1. The molecule has 1 aliphatic heterocycles. The first-order chi connectivity index (χ1) is 10.0. The molecule has 5 nitrogen and oxygen atoms in total. The van der Waals surface area contributed by atoms with Crippen molar-refractivity contribution in [3.8, 4) is 0 Å². The third-order valence-corrected chi connectivity index (χ3v) is 4.03. The van der Waals surface area contributed by atoms with Crippen molar-refractivity contribution in [1.29, 1.82) is 0 Å². The highest BCUT2D eigenvalue weighted by atomic mass is 16.2. The van der Waals surface area contributed by atoms with E-state index in [1.165, 1.54) is 0 Å².